The van der Waals surface area contributed by atoms with E-state index in [0.29, 0.717) is 5.69 Å². The van der Waals surface area contributed by atoms with Gasteiger partial charge < -0.3 is 11.1 Å². The van der Waals surface area contributed by atoms with Crippen LogP contribution in [0.15, 0.2) is 65.6 Å². The van der Waals surface area contributed by atoms with E-state index in [0.717, 1.165) is 17.2 Å². The van der Waals surface area contributed by atoms with Crippen LogP contribution in [0.1, 0.15) is 33.5 Å². The maximum absolute atomic E-state index is 14.1. The van der Waals surface area contributed by atoms with Gasteiger partial charge in [0.15, 0.2) is 0 Å². The number of anilines is 2. The Hall–Kier alpha value is -3.72. The zero-order chi connectivity index (χ0) is 25.0. The monoisotopic (exact) mass is 483 g/mol. The van der Waals surface area contributed by atoms with E-state index in [1.54, 1.807) is 36.4 Å². The smallest absolute Gasteiger partial charge is 0.264 e. The maximum atomic E-state index is 14.1. The predicted octanol–water partition coefficient (Wildman–Crippen LogP) is 4.07. The molecule has 0 aliphatic carbocycles. The molecule has 0 bridgehead atoms. The molecule has 0 radical (unpaired) electrons. The van der Waals surface area contributed by atoms with E-state index in [2.05, 4.69) is 5.32 Å². The number of amides is 2. The molecule has 0 spiro atoms. The van der Waals surface area contributed by atoms with Crippen LogP contribution in [-0.4, -0.2) is 26.8 Å². The Labute approximate surface area is 198 Å². The molecule has 0 fully saturated rings. The molecule has 2 amide bonds. The summed E-state index contributed by atoms with van der Waals surface area (Å²) in [5.74, 6) is -2.06. The number of primary amides is 1. The van der Waals surface area contributed by atoms with E-state index in [1.165, 1.54) is 29.4 Å². The lowest BCUT2D eigenvalue weighted by molar-refractivity contribution is -0.116. The van der Waals surface area contributed by atoms with Crippen molar-refractivity contribution in [2.24, 2.45) is 5.73 Å². The second-order valence-corrected chi connectivity index (χ2v) is 9.88. The molecule has 3 aromatic carbocycles. The molecule has 0 aliphatic rings. The third-order valence-electron chi connectivity index (χ3n) is 5.38. The number of nitrogens with one attached hydrogen (secondary N) is 1. The van der Waals surface area contributed by atoms with Crippen molar-refractivity contribution in [1.29, 1.82) is 0 Å². The summed E-state index contributed by atoms with van der Waals surface area (Å²) in [6, 6.07) is 15.7. The number of hydrogen-bond acceptors (Lipinski definition) is 4. The van der Waals surface area contributed by atoms with E-state index in [-0.39, 0.29) is 34.7 Å². The van der Waals surface area contributed by atoms with E-state index < -0.39 is 27.7 Å². The summed E-state index contributed by atoms with van der Waals surface area (Å²) in [6.07, 6.45) is -0.208. The number of rotatable bonds is 8. The third-order valence-corrected chi connectivity index (χ3v) is 7.22. The van der Waals surface area contributed by atoms with Gasteiger partial charge in [0.25, 0.3) is 10.0 Å². The van der Waals surface area contributed by atoms with Crippen molar-refractivity contribution in [1.82, 2.24) is 0 Å². The number of carbonyl (C=O) groups is 2. The second-order valence-electron chi connectivity index (χ2n) is 8.02. The van der Waals surface area contributed by atoms with Gasteiger partial charge in [0.05, 0.1) is 10.6 Å². The van der Waals surface area contributed by atoms with Crippen molar-refractivity contribution < 1.29 is 22.4 Å². The topological polar surface area (TPSA) is 110 Å². The molecule has 34 heavy (non-hydrogen) atoms. The molecule has 3 N–H and O–H groups in total. The fourth-order valence-corrected chi connectivity index (χ4v) is 4.77. The normalized spacial score (nSPS) is 11.2. The van der Waals surface area contributed by atoms with Gasteiger partial charge in [-0.25, -0.2) is 12.8 Å². The summed E-state index contributed by atoms with van der Waals surface area (Å²) in [6.45, 7) is 5.05. The number of sulfonamides is 1. The highest BCUT2D eigenvalue weighted by Gasteiger charge is 2.26. The average molecular weight is 484 g/mol. The molecule has 3 rings (SSSR count). The lowest BCUT2D eigenvalue weighted by Crippen LogP contribution is -2.34. The van der Waals surface area contributed by atoms with Gasteiger partial charge in [0.2, 0.25) is 11.8 Å². The third kappa shape index (κ3) is 5.60. The van der Waals surface area contributed by atoms with Crippen LogP contribution in [0.4, 0.5) is 15.8 Å². The Balaban J connectivity index is 1.86. The van der Waals surface area contributed by atoms with Gasteiger partial charge in [-0.05, 0) is 57.2 Å². The minimum atomic E-state index is -3.95. The highest BCUT2D eigenvalue weighted by atomic mass is 32.2. The van der Waals surface area contributed by atoms with Crippen molar-refractivity contribution in [3.63, 3.8) is 0 Å². The van der Waals surface area contributed by atoms with Gasteiger partial charge in [0.1, 0.15) is 5.82 Å². The minimum Gasteiger partial charge on any atom is -0.366 e. The van der Waals surface area contributed by atoms with Crippen molar-refractivity contribution in [2.75, 3.05) is 16.2 Å². The van der Waals surface area contributed by atoms with Crippen molar-refractivity contribution in [2.45, 2.75) is 32.1 Å². The van der Waals surface area contributed by atoms with Crippen LogP contribution in [0, 0.1) is 26.6 Å². The Morgan fingerprint density at radius 2 is 1.50 bits per heavy atom. The quantitative estimate of drug-likeness (QED) is 0.503. The number of nitrogens with zero attached hydrogens (tertiary/aromatic N) is 1. The zero-order valence-electron chi connectivity index (χ0n) is 19.1. The SMILES string of the molecule is Cc1ccc(N(CCC(=O)Nc2cc(C(N)=O)cc(F)c2C)S(=O)(=O)c2ccc(C)cc2)cc1. The average Bonchev–Trinajstić information content (AvgIpc) is 2.78. The molecule has 9 heteroatoms. The number of aryl methyl sites for hydroxylation is 2. The first-order chi connectivity index (χ1) is 16.0. The lowest BCUT2D eigenvalue weighted by Gasteiger charge is -2.25. The van der Waals surface area contributed by atoms with Gasteiger partial charge in [-0.3, -0.25) is 13.9 Å². The fraction of sp³-hybridized carbons (Fsp3) is 0.200. The Morgan fingerprint density at radius 3 is 2.06 bits per heavy atom. The molecule has 0 saturated carbocycles. The first-order valence-electron chi connectivity index (χ1n) is 10.5. The van der Waals surface area contributed by atoms with Crippen molar-refractivity contribution >= 4 is 33.2 Å². The predicted molar refractivity (Wildman–Crippen MR) is 130 cm³/mol. The van der Waals surface area contributed by atoms with E-state index in [1.807, 2.05) is 13.8 Å². The van der Waals surface area contributed by atoms with Crippen LogP contribution >= 0.6 is 0 Å². The number of halogens is 1. The Bertz CT molecular complexity index is 1320. The largest absolute Gasteiger partial charge is 0.366 e. The van der Waals surface area contributed by atoms with Crippen LogP contribution in [0.2, 0.25) is 0 Å². The Kier molecular flexibility index (Phi) is 7.36. The highest BCUT2D eigenvalue weighted by Crippen LogP contribution is 2.25. The Morgan fingerprint density at radius 1 is 0.941 bits per heavy atom. The molecule has 0 atom stereocenters. The molecule has 0 aliphatic heterocycles. The minimum absolute atomic E-state index is 0.0818. The van der Waals surface area contributed by atoms with Gasteiger partial charge in [0, 0.05) is 29.8 Å². The summed E-state index contributed by atoms with van der Waals surface area (Å²) in [4.78, 5) is 24.2. The fourth-order valence-electron chi connectivity index (χ4n) is 3.30. The number of hydrogen-bond donors (Lipinski definition) is 2. The standard InChI is InChI=1S/C25H26FN3O4S/c1-16-4-8-20(9-5-16)29(34(32,33)21-10-6-17(2)7-11-21)13-12-24(30)28-23-15-19(25(27)31)14-22(26)18(23)3/h4-11,14-15H,12-13H2,1-3H3,(H2,27,31)(H,28,30). The van der Waals surface area contributed by atoms with Gasteiger partial charge >= 0.3 is 0 Å². The van der Waals surface area contributed by atoms with Crippen LogP contribution in [0.5, 0.6) is 0 Å². The summed E-state index contributed by atoms with van der Waals surface area (Å²) in [7, 11) is -3.95. The second kappa shape index (κ2) is 10.0. The maximum Gasteiger partial charge on any atom is 0.264 e. The van der Waals surface area contributed by atoms with Crippen LogP contribution in [-0.2, 0) is 14.8 Å². The van der Waals surface area contributed by atoms with Crippen molar-refractivity contribution in [3.05, 3.63) is 88.7 Å². The molecule has 7 nitrogen and oxygen atoms in total. The van der Waals surface area contributed by atoms with Crippen LogP contribution in [0.25, 0.3) is 0 Å². The molecule has 178 valence electrons. The van der Waals surface area contributed by atoms with Gasteiger partial charge in [-0.2, -0.15) is 0 Å². The summed E-state index contributed by atoms with van der Waals surface area (Å²) in [5, 5.41) is 2.55. The molecular formula is C25H26FN3O4S. The molecule has 0 saturated heterocycles. The summed E-state index contributed by atoms with van der Waals surface area (Å²) >= 11 is 0. The first kappa shape index (κ1) is 24.9. The van der Waals surface area contributed by atoms with Gasteiger partial charge in [-0.1, -0.05) is 35.4 Å². The van der Waals surface area contributed by atoms with E-state index in [4.69, 9.17) is 5.73 Å². The van der Waals surface area contributed by atoms with Gasteiger partial charge in [-0.15, -0.1) is 0 Å². The van der Waals surface area contributed by atoms with Crippen molar-refractivity contribution in [3.8, 4) is 0 Å². The number of benzene rings is 3. The zero-order valence-corrected chi connectivity index (χ0v) is 19.9. The van der Waals surface area contributed by atoms with E-state index in [9.17, 15) is 22.4 Å². The highest BCUT2D eigenvalue weighted by molar-refractivity contribution is 7.92. The van der Waals surface area contributed by atoms with E-state index >= 15 is 0 Å². The first-order valence-corrected chi connectivity index (χ1v) is 12.0. The molecule has 3 aromatic rings. The summed E-state index contributed by atoms with van der Waals surface area (Å²) in [5.41, 5.74) is 7.67. The van der Waals surface area contributed by atoms with Crippen LogP contribution < -0.4 is 15.4 Å². The van der Waals surface area contributed by atoms with Crippen LogP contribution in [0.3, 0.4) is 0 Å². The lowest BCUT2D eigenvalue weighted by atomic mass is 10.1. The molecule has 0 unspecified atom stereocenters. The number of nitrogens with two attached hydrogens (primary N) is 1. The summed E-state index contributed by atoms with van der Waals surface area (Å²) < 4.78 is 42.1. The molecule has 0 heterocycles. The molecule has 0 aromatic heterocycles. The number of carbonyl (C=O) groups excluding carboxylic acids is 2. The molecular weight excluding hydrogens is 457 g/mol.